The first kappa shape index (κ1) is 18.1. The predicted octanol–water partition coefficient (Wildman–Crippen LogP) is 2.70. The summed E-state index contributed by atoms with van der Waals surface area (Å²) in [6.07, 6.45) is 1.27. The van der Waals surface area contributed by atoms with Crippen LogP contribution in [-0.4, -0.2) is 34.9 Å². The van der Waals surface area contributed by atoms with Crippen molar-refractivity contribution in [1.29, 1.82) is 0 Å². The van der Waals surface area contributed by atoms with E-state index in [2.05, 4.69) is 41.4 Å². The molecular formula is C20H23N3O3. The Bertz CT molecular complexity index is 789. The first-order chi connectivity index (χ1) is 12.5. The summed E-state index contributed by atoms with van der Waals surface area (Å²) in [5.41, 5.74) is 3.58. The fourth-order valence-electron chi connectivity index (χ4n) is 3.27. The maximum atomic E-state index is 12.2. The van der Waals surface area contributed by atoms with E-state index in [9.17, 15) is 14.9 Å². The number of benzene rings is 2. The standard InChI is InChI=1S/C20H23N3O3/c1-15(22-11-10-17-4-2-3-5-18(17)14-22)13-21-20(24)12-16-6-8-19(9-7-16)23(25)26/h2-9,15H,10-14H2,1H3,(H,21,24). The number of non-ortho nitro benzene ring substituents is 1. The normalized spacial score (nSPS) is 15.1. The van der Waals surface area contributed by atoms with Gasteiger partial charge in [-0.15, -0.1) is 0 Å². The van der Waals surface area contributed by atoms with Gasteiger partial charge in [0, 0.05) is 37.8 Å². The van der Waals surface area contributed by atoms with Crippen LogP contribution >= 0.6 is 0 Å². The lowest BCUT2D eigenvalue weighted by molar-refractivity contribution is -0.384. The Morgan fingerprint density at radius 1 is 1.19 bits per heavy atom. The van der Waals surface area contributed by atoms with Crippen LogP contribution in [0.2, 0.25) is 0 Å². The van der Waals surface area contributed by atoms with Gasteiger partial charge in [0.2, 0.25) is 5.91 Å². The van der Waals surface area contributed by atoms with Crippen LogP contribution in [0.15, 0.2) is 48.5 Å². The summed E-state index contributed by atoms with van der Waals surface area (Å²) in [4.78, 5) is 24.8. The minimum atomic E-state index is -0.442. The zero-order chi connectivity index (χ0) is 18.5. The molecule has 0 aliphatic carbocycles. The maximum Gasteiger partial charge on any atom is 0.269 e. The Kier molecular flexibility index (Phi) is 5.63. The van der Waals surface area contributed by atoms with Gasteiger partial charge in [0.25, 0.3) is 5.69 Å². The largest absolute Gasteiger partial charge is 0.354 e. The van der Waals surface area contributed by atoms with Crippen LogP contribution in [0.1, 0.15) is 23.6 Å². The van der Waals surface area contributed by atoms with Crippen molar-refractivity contribution in [3.63, 3.8) is 0 Å². The molecule has 1 aliphatic heterocycles. The number of fused-ring (bicyclic) bond motifs is 1. The molecule has 1 amide bonds. The van der Waals surface area contributed by atoms with Crippen molar-refractivity contribution >= 4 is 11.6 Å². The van der Waals surface area contributed by atoms with Gasteiger partial charge in [0.05, 0.1) is 11.3 Å². The van der Waals surface area contributed by atoms with E-state index in [-0.39, 0.29) is 24.1 Å². The highest BCUT2D eigenvalue weighted by Gasteiger charge is 2.20. The molecule has 6 nitrogen and oxygen atoms in total. The maximum absolute atomic E-state index is 12.2. The Hall–Kier alpha value is -2.73. The second kappa shape index (κ2) is 8.10. The lowest BCUT2D eigenvalue weighted by atomic mass is 9.99. The van der Waals surface area contributed by atoms with Crippen LogP contribution in [0.25, 0.3) is 0 Å². The fraction of sp³-hybridized carbons (Fsp3) is 0.350. The quantitative estimate of drug-likeness (QED) is 0.640. The van der Waals surface area contributed by atoms with Gasteiger partial charge in [-0.1, -0.05) is 36.4 Å². The molecule has 2 aromatic carbocycles. The Morgan fingerprint density at radius 3 is 2.58 bits per heavy atom. The summed E-state index contributed by atoms with van der Waals surface area (Å²) in [5, 5.41) is 13.6. The third kappa shape index (κ3) is 4.46. The molecule has 1 heterocycles. The molecule has 1 aliphatic rings. The van der Waals surface area contributed by atoms with Crippen molar-refractivity contribution in [3.8, 4) is 0 Å². The lowest BCUT2D eigenvalue weighted by Gasteiger charge is -2.33. The summed E-state index contributed by atoms with van der Waals surface area (Å²) in [5.74, 6) is -0.0666. The van der Waals surface area contributed by atoms with Crippen LogP contribution in [0.3, 0.4) is 0 Å². The number of carbonyl (C=O) groups excluding carboxylic acids is 1. The van der Waals surface area contributed by atoms with E-state index in [1.807, 2.05) is 0 Å². The smallest absolute Gasteiger partial charge is 0.269 e. The number of amides is 1. The van der Waals surface area contributed by atoms with Gasteiger partial charge in [0.1, 0.15) is 0 Å². The number of rotatable bonds is 6. The van der Waals surface area contributed by atoms with Crippen LogP contribution in [0.5, 0.6) is 0 Å². The van der Waals surface area contributed by atoms with Crippen molar-refractivity contribution in [2.45, 2.75) is 32.4 Å². The molecule has 136 valence electrons. The predicted molar refractivity (Wildman–Crippen MR) is 99.8 cm³/mol. The number of nitrogens with zero attached hydrogens (tertiary/aromatic N) is 2. The number of nitro benzene ring substituents is 1. The Labute approximate surface area is 153 Å². The Balaban J connectivity index is 1.47. The van der Waals surface area contributed by atoms with Gasteiger partial charge >= 0.3 is 0 Å². The molecule has 0 saturated carbocycles. The van der Waals surface area contributed by atoms with Crippen LogP contribution in [-0.2, 0) is 24.2 Å². The van der Waals surface area contributed by atoms with Crippen LogP contribution in [0, 0.1) is 10.1 Å². The van der Waals surface area contributed by atoms with E-state index in [0.717, 1.165) is 25.1 Å². The van der Waals surface area contributed by atoms with E-state index < -0.39 is 4.92 Å². The second-order valence-electron chi connectivity index (χ2n) is 6.74. The molecule has 1 N–H and O–H groups in total. The average molecular weight is 353 g/mol. The summed E-state index contributed by atoms with van der Waals surface area (Å²) in [6.45, 7) is 4.63. The highest BCUT2D eigenvalue weighted by atomic mass is 16.6. The molecule has 2 aromatic rings. The minimum absolute atomic E-state index is 0.0353. The molecule has 0 saturated heterocycles. The zero-order valence-electron chi connectivity index (χ0n) is 14.9. The number of hydrogen-bond donors (Lipinski definition) is 1. The van der Waals surface area contributed by atoms with Crippen molar-refractivity contribution in [3.05, 3.63) is 75.3 Å². The molecule has 0 bridgehead atoms. The molecular weight excluding hydrogens is 330 g/mol. The van der Waals surface area contributed by atoms with Gasteiger partial charge in [-0.05, 0) is 30.0 Å². The third-order valence-electron chi connectivity index (χ3n) is 4.89. The van der Waals surface area contributed by atoms with E-state index in [0.29, 0.717) is 6.54 Å². The van der Waals surface area contributed by atoms with Crippen LogP contribution in [0.4, 0.5) is 5.69 Å². The summed E-state index contributed by atoms with van der Waals surface area (Å²) in [7, 11) is 0. The third-order valence-corrected chi connectivity index (χ3v) is 4.89. The molecule has 6 heteroatoms. The molecule has 0 radical (unpaired) electrons. The van der Waals surface area contributed by atoms with Gasteiger partial charge < -0.3 is 5.32 Å². The SMILES string of the molecule is CC(CNC(=O)Cc1ccc([N+](=O)[O-])cc1)N1CCc2ccccc2C1. The van der Waals surface area contributed by atoms with Crippen molar-refractivity contribution < 1.29 is 9.72 Å². The van der Waals surface area contributed by atoms with E-state index in [1.165, 1.54) is 23.3 Å². The first-order valence-corrected chi connectivity index (χ1v) is 8.84. The summed E-state index contributed by atoms with van der Waals surface area (Å²) in [6, 6.07) is 14.9. The molecule has 0 aromatic heterocycles. The lowest BCUT2D eigenvalue weighted by Crippen LogP contribution is -2.44. The number of nitrogens with one attached hydrogen (secondary N) is 1. The van der Waals surface area contributed by atoms with E-state index in [1.54, 1.807) is 12.1 Å². The zero-order valence-corrected chi connectivity index (χ0v) is 14.9. The number of carbonyl (C=O) groups is 1. The van der Waals surface area contributed by atoms with Gasteiger partial charge in [0.15, 0.2) is 0 Å². The van der Waals surface area contributed by atoms with Crippen molar-refractivity contribution in [2.24, 2.45) is 0 Å². The molecule has 1 unspecified atom stereocenters. The highest BCUT2D eigenvalue weighted by molar-refractivity contribution is 5.78. The average Bonchev–Trinajstić information content (AvgIpc) is 2.66. The minimum Gasteiger partial charge on any atom is -0.354 e. The Morgan fingerprint density at radius 2 is 1.88 bits per heavy atom. The molecule has 0 fully saturated rings. The van der Waals surface area contributed by atoms with Crippen molar-refractivity contribution in [1.82, 2.24) is 10.2 Å². The molecule has 1 atom stereocenters. The van der Waals surface area contributed by atoms with Gasteiger partial charge in [-0.3, -0.25) is 19.8 Å². The summed E-state index contributed by atoms with van der Waals surface area (Å²) < 4.78 is 0. The topological polar surface area (TPSA) is 75.5 Å². The highest BCUT2D eigenvalue weighted by Crippen LogP contribution is 2.20. The van der Waals surface area contributed by atoms with Gasteiger partial charge in [-0.25, -0.2) is 0 Å². The number of nitro groups is 1. The van der Waals surface area contributed by atoms with Crippen LogP contribution < -0.4 is 5.32 Å². The summed E-state index contributed by atoms with van der Waals surface area (Å²) >= 11 is 0. The molecule has 0 spiro atoms. The van der Waals surface area contributed by atoms with E-state index in [4.69, 9.17) is 0 Å². The van der Waals surface area contributed by atoms with Gasteiger partial charge in [-0.2, -0.15) is 0 Å². The fourth-order valence-corrected chi connectivity index (χ4v) is 3.27. The monoisotopic (exact) mass is 353 g/mol. The second-order valence-corrected chi connectivity index (χ2v) is 6.74. The van der Waals surface area contributed by atoms with E-state index >= 15 is 0 Å². The number of hydrogen-bond acceptors (Lipinski definition) is 4. The molecule has 26 heavy (non-hydrogen) atoms. The first-order valence-electron chi connectivity index (χ1n) is 8.84. The van der Waals surface area contributed by atoms with Crippen molar-refractivity contribution in [2.75, 3.05) is 13.1 Å². The molecule has 3 rings (SSSR count).